The van der Waals surface area contributed by atoms with E-state index in [0.29, 0.717) is 4.31 Å². The maximum Gasteiger partial charge on any atom is 0.423 e. The highest BCUT2D eigenvalue weighted by Crippen LogP contribution is 2.14. The highest BCUT2D eigenvalue weighted by Gasteiger charge is 2.25. The van der Waals surface area contributed by atoms with Crippen molar-refractivity contribution < 1.29 is 17.9 Å². The van der Waals surface area contributed by atoms with Crippen LogP contribution in [0, 0.1) is 6.92 Å². The van der Waals surface area contributed by atoms with Crippen LogP contribution in [0.25, 0.3) is 0 Å². The summed E-state index contributed by atoms with van der Waals surface area (Å²) < 4.78 is 28.8. The van der Waals surface area contributed by atoms with Gasteiger partial charge in [-0.15, -0.1) is 0 Å². The predicted octanol–water partition coefficient (Wildman–Crippen LogP) is 1.28. The quantitative estimate of drug-likeness (QED) is 0.801. The Morgan fingerprint density at radius 3 is 2.44 bits per heavy atom. The third kappa shape index (κ3) is 2.52. The third-order valence-electron chi connectivity index (χ3n) is 1.88. The zero-order chi connectivity index (χ0) is 12.2. The van der Waals surface area contributed by atoms with Crippen molar-refractivity contribution in [2.45, 2.75) is 4.90 Å². The molecule has 0 aliphatic heterocycles. The molecule has 1 aromatic rings. The maximum absolute atomic E-state index is 11.9. The molecule has 0 atom stereocenters. The minimum absolute atomic E-state index is 0.0403. The van der Waals surface area contributed by atoms with E-state index in [-0.39, 0.29) is 11.5 Å². The third-order valence-corrected chi connectivity index (χ3v) is 3.62. The fraction of sp³-hybridized carbons (Fsp3) is 0.200. The van der Waals surface area contributed by atoms with Crippen LogP contribution >= 0.6 is 0 Å². The topological polar surface area (TPSA) is 63.7 Å². The van der Waals surface area contributed by atoms with E-state index in [1.807, 2.05) is 0 Å². The molecule has 0 fully saturated rings. The molecule has 6 heteroatoms. The van der Waals surface area contributed by atoms with Gasteiger partial charge in [0.05, 0.1) is 11.5 Å². The number of ether oxygens (including phenoxy) is 1. The Kier molecular flexibility index (Phi) is 3.89. The van der Waals surface area contributed by atoms with E-state index in [0.717, 1.165) is 7.05 Å². The number of rotatable bonds is 3. The highest BCUT2D eigenvalue weighted by molar-refractivity contribution is 7.89. The lowest BCUT2D eigenvalue weighted by molar-refractivity contribution is 0.141. The summed E-state index contributed by atoms with van der Waals surface area (Å²) in [5.74, 6) is 0. The molecule has 0 bridgehead atoms. The van der Waals surface area contributed by atoms with Gasteiger partial charge in [0, 0.05) is 7.05 Å². The zero-order valence-corrected chi connectivity index (χ0v) is 9.61. The van der Waals surface area contributed by atoms with E-state index >= 15 is 0 Å². The monoisotopic (exact) mass is 242 g/mol. The summed E-state index contributed by atoms with van der Waals surface area (Å²) in [4.78, 5) is 11.3. The van der Waals surface area contributed by atoms with E-state index in [4.69, 9.17) is 0 Å². The molecule has 0 unspecified atom stereocenters. The number of hydrogen-bond acceptors (Lipinski definition) is 4. The van der Waals surface area contributed by atoms with E-state index in [9.17, 15) is 13.2 Å². The molecular weight excluding hydrogens is 230 g/mol. The summed E-state index contributed by atoms with van der Waals surface area (Å²) in [6.45, 7) is 3.18. The Hall–Kier alpha value is -1.56. The summed E-state index contributed by atoms with van der Waals surface area (Å²) in [5.41, 5.74) is 0. The number of hydrogen-bond donors (Lipinski definition) is 0. The van der Waals surface area contributed by atoms with Crippen molar-refractivity contribution >= 4 is 16.1 Å². The second kappa shape index (κ2) is 4.98. The molecule has 0 aliphatic carbocycles. The molecule has 0 heterocycles. The zero-order valence-electron chi connectivity index (χ0n) is 8.79. The first-order chi connectivity index (χ1) is 7.50. The van der Waals surface area contributed by atoms with Gasteiger partial charge in [-0.2, -0.15) is 0 Å². The molecule has 0 saturated carbocycles. The van der Waals surface area contributed by atoms with Gasteiger partial charge >= 0.3 is 6.09 Å². The van der Waals surface area contributed by atoms with Crippen LogP contribution in [0.3, 0.4) is 0 Å². The van der Waals surface area contributed by atoms with Gasteiger partial charge in [0.25, 0.3) is 10.0 Å². The van der Waals surface area contributed by atoms with Crippen LogP contribution in [-0.2, 0) is 14.8 Å². The van der Waals surface area contributed by atoms with Gasteiger partial charge in [-0.1, -0.05) is 18.2 Å². The minimum atomic E-state index is -3.83. The van der Waals surface area contributed by atoms with Gasteiger partial charge < -0.3 is 4.74 Å². The molecular formula is C10H12NO4S. The predicted molar refractivity (Wildman–Crippen MR) is 58.1 cm³/mol. The molecule has 1 radical (unpaired) electrons. The second-order valence-electron chi connectivity index (χ2n) is 2.90. The Bertz CT molecular complexity index is 455. The summed E-state index contributed by atoms with van der Waals surface area (Å²) in [6.07, 6.45) is -0.946. The van der Waals surface area contributed by atoms with Gasteiger partial charge in [0.2, 0.25) is 0 Å². The molecule has 87 valence electrons. The number of nitrogens with zero attached hydrogens (tertiary/aromatic N) is 1. The maximum atomic E-state index is 11.9. The Morgan fingerprint density at radius 1 is 1.38 bits per heavy atom. The Labute approximate surface area is 94.7 Å². The molecule has 0 spiro atoms. The van der Waals surface area contributed by atoms with Crippen LogP contribution in [0.15, 0.2) is 35.2 Å². The summed E-state index contributed by atoms with van der Waals surface area (Å²) in [7, 11) is -2.69. The molecule has 1 rings (SSSR count). The van der Waals surface area contributed by atoms with E-state index < -0.39 is 16.1 Å². The van der Waals surface area contributed by atoms with Crippen molar-refractivity contribution in [2.24, 2.45) is 0 Å². The van der Waals surface area contributed by atoms with E-state index in [2.05, 4.69) is 11.7 Å². The van der Waals surface area contributed by atoms with Crippen molar-refractivity contribution in [3.05, 3.63) is 37.3 Å². The van der Waals surface area contributed by atoms with Gasteiger partial charge in [-0.05, 0) is 19.1 Å². The van der Waals surface area contributed by atoms with Crippen LogP contribution in [0.1, 0.15) is 0 Å². The smallest absolute Gasteiger partial charge is 0.423 e. The lowest BCUT2D eigenvalue weighted by Crippen LogP contribution is -2.33. The van der Waals surface area contributed by atoms with Gasteiger partial charge in [0.15, 0.2) is 0 Å². The number of carbonyl (C=O) groups excluding carboxylic acids is 1. The average molecular weight is 242 g/mol. The standard InChI is InChI=1S/C10H12NO4S/c1-3-15-10(12)11(2)16(13,14)9-7-5-4-6-8-9/h4-8H,1,3H2,2H3. The molecule has 0 aliphatic rings. The second-order valence-corrected chi connectivity index (χ2v) is 4.87. The summed E-state index contributed by atoms with van der Waals surface area (Å²) >= 11 is 0. The van der Waals surface area contributed by atoms with Crippen LogP contribution in [-0.4, -0.2) is 32.5 Å². The summed E-state index contributed by atoms with van der Waals surface area (Å²) in [5, 5.41) is 0. The Balaban J connectivity index is 2.99. The molecule has 1 amide bonds. The van der Waals surface area contributed by atoms with Crippen molar-refractivity contribution in [3.63, 3.8) is 0 Å². The normalized spacial score (nSPS) is 10.9. The number of carbonyl (C=O) groups is 1. The first kappa shape index (κ1) is 12.5. The molecule has 0 saturated heterocycles. The van der Waals surface area contributed by atoms with Crippen molar-refractivity contribution in [3.8, 4) is 0 Å². The molecule has 16 heavy (non-hydrogen) atoms. The fourth-order valence-electron chi connectivity index (χ4n) is 1.03. The molecule has 5 nitrogen and oxygen atoms in total. The Morgan fingerprint density at radius 2 is 1.94 bits per heavy atom. The van der Waals surface area contributed by atoms with Gasteiger partial charge in [-0.25, -0.2) is 17.5 Å². The number of sulfonamides is 1. The minimum Gasteiger partial charge on any atom is -0.449 e. The van der Waals surface area contributed by atoms with Crippen molar-refractivity contribution in [2.75, 3.05) is 13.7 Å². The SMILES string of the molecule is [CH2]COC(=O)N(C)S(=O)(=O)c1ccccc1. The van der Waals surface area contributed by atoms with Crippen LogP contribution in [0.2, 0.25) is 0 Å². The summed E-state index contributed by atoms with van der Waals surface area (Å²) in [6, 6.07) is 7.65. The number of amides is 1. The van der Waals surface area contributed by atoms with Gasteiger partial charge in [0.1, 0.15) is 0 Å². The fourth-order valence-corrected chi connectivity index (χ4v) is 2.09. The number of benzene rings is 1. The van der Waals surface area contributed by atoms with Crippen LogP contribution < -0.4 is 0 Å². The first-order valence-corrected chi connectivity index (χ1v) is 5.94. The molecule has 0 aromatic heterocycles. The molecule has 0 N–H and O–H groups in total. The lowest BCUT2D eigenvalue weighted by Gasteiger charge is -2.16. The van der Waals surface area contributed by atoms with E-state index in [1.54, 1.807) is 18.2 Å². The molecule has 1 aromatic carbocycles. The lowest BCUT2D eigenvalue weighted by atomic mass is 10.4. The van der Waals surface area contributed by atoms with E-state index in [1.165, 1.54) is 12.1 Å². The van der Waals surface area contributed by atoms with Crippen molar-refractivity contribution in [1.29, 1.82) is 0 Å². The highest BCUT2D eigenvalue weighted by atomic mass is 32.2. The largest absolute Gasteiger partial charge is 0.449 e. The van der Waals surface area contributed by atoms with Crippen LogP contribution in [0.5, 0.6) is 0 Å². The van der Waals surface area contributed by atoms with Crippen molar-refractivity contribution in [1.82, 2.24) is 4.31 Å². The first-order valence-electron chi connectivity index (χ1n) is 4.50. The van der Waals surface area contributed by atoms with Gasteiger partial charge in [-0.3, -0.25) is 0 Å². The average Bonchev–Trinajstić information content (AvgIpc) is 2.29. The van der Waals surface area contributed by atoms with Crippen LogP contribution in [0.4, 0.5) is 4.79 Å².